The zero-order chi connectivity index (χ0) is 16.2. The molecule has 7 heteroatoms. The van der Waals surface area contributed by atoms with Gasteiger partial charge in [0.25, 0.3) is 5.91 Å². The van der Waals surface area contributed by atoms with E-state index in [1.807, 2.05) is 25.1 Å². The van der Waals surface area contributed by atoms with Gasteiger partial charge in [-0.15, -0.1) is 0 Å². The number of nitrogens with zero attached hydrogens (tertiary/aromatic N) is 4. The van der Waals surface area contributed by atoms with Crippen molar-refractivity contribution in [3.8, 4) is 0 Å². The Bertz CT molecular complexity index is 679. The minimum atomic E-state index is -0.138. The molecule has 3 rings (SSSR count). The van der Waals surface area contributed by atoms with Crippen LogP contribution >= 0.6 is 0 Å². The van der Waals surface area contributed by atoms with E-state index in [1.54, 1.807) is 18.1 Å². The summed E-state index contributed by atoms with van der Waals surface area (Å²) < 4.78 is 10.4. The van der Waals surface area contributed by atoms with E-state index in [0.29, 0.717) is 25.5 Å². The molecule has 7 nitrogen and oxygen atoms in total. The number of pyridine rings is 1. The second-order valence-electron chi connectivity index (χ2n) is 5.59. The van der Waals surface area contributed by atoms with Gasteiger partial charge in [-0.25, -0.2) is 0 Å². The third-order valence-corrected chi connectivity index (χ3v) is 3.76. The smallest absolute Gasteiger partial charge is 0.272 e. The summed E-state index contributed by atoms with van der Waals surface area (Å²) in [4.78, 5) is 20.5. The highest BCUT2D eigenvalue weighted by atomic mass is 16.5. The Balaban J connectivity index is 1.71. The minimum Gasteiger partial charge on any atom is -0.378 e. The molecule has 0 unspecified atom stereocenters. The first-order valence-electron chi connectivity index (χ1n) is 7.60. The summed E-state index contributed by atoms with van der Waals surface area (Å²) in [7, 11) is 1.73. The van der Waals surface area contributed by atoms with Crippen molar-refractivity contribution in [2.75, 3.05) is 38.3 Å². The first-order chi connectivity index (χ1) is 11.1. The van der Waals surface area contributed by atoms with Gasteiger partial charge in [0, 0.05) is 38.1 Å². The van der Waals surface area contributed by atoms with Gasteiger partial charge in [-0.2, -0.15) is 0 Å². The Kier molecular flexibility index (Phi) is 4.57. The number of aromatic nitrogens is 2. The van der Waals surface area contributed by atoms with Crippen LogP contribution in [0.25, 0.3) is 0 Å². The van der Waals surface area contributed by atoms with Crippen LogP contribution in [0, 0.1) is 6.92 Å². The molecular formula is C16H20N4O3. The Morgan fingerprint density at radius 1 is 1.35 bits per heavy atom. The highest BCUT2D eigenvalue weighted by Crippen LogP contribution is 2.17. The van der Waals surface area contributed by atoms with Gasteiger partial charge >= 0.3 is 0 Å². The van der Waals surface area contributed by atoms with E-state index >= 15 is 0 Å². The summed E-state index contributed by atoms with van der Waals surface area (Å²) in [6.45, 7) is 5.27. The number of aryl methyl sites for hydroxylation is 1. The van der Waals surface area contributed by atoms with Crippen LogP contribution in [0.15, 0.2) is 28.9 Å². The van der Waals surface area contributed by atoms with Crippen LogP contribution in [0.4, 0.5) is 5.69 Å². The molecule has 0 saturated carbocycles. The molecule has 2 aromatic rings. The van der Waals surface area contributed by atoms with Crippen LogP contribution in [0.3, 0.4) is 0 Å². The van der Waals surface area contributed by atoms with E-state index in [-0.39, 0.29) is 5.91 Å². The Hall–Kier alpha value is -2.41. The van der Waals surface area contributed by atoms with Gasteiger partial charge < -0.3 is 19.1 Å². The van der Waals surface area contributed by atoms with Crippen molar-refractivity contribution in [3.63, 3.8) is 0 Å². The number of rotatable bonds is 4. The number of ether oxygens (including phenoxy) is 1. The van der Waals surface area contributed by atoms with Crippen LogP contribution in [0.1, 0.15) is 21.9 Å². The molecule has 0 N–H and O–H groups in total. The van der Waals surface area contributed by atoms with Gasteiger partial charge in [0.2, 0.25) is 0 Å². The first-order valence-corrected chi connectivity index (χ1v) is 7.60. The van der Waals surface area contributed by atoms with E-state index in [4.69, 9.17) is 9.26 Å². The van der Waals surface area contributed by atoms with E-state index < -0.39 is 0 Å². The summed E-state index contributed by atoms with van der Waals surface area (Å²) in [5, 5.41) is 3.91. The zero-order valence-electron chi connectivity index (χ0n) is 13.4. The van der Waals surface area contributed by atoms with Gasteiger partial charge in [-0.05, 0) is 19.1 Å². The van der Waals surface area contributed by atoms with Crippen molar-refractivity contribution >= 4 is 11.6 Å². The molecule has 0 radical (unpaired) electrons. The van der Waals surface area contributed by atoms with Crippen LogP contribution in [0.2, 0.25) is 0 Å². The fraction of sp³-hybridized carbons (Fsp3) is 0.438. The molecule has 23 heavy (non-hydrogen) atoms. The molecule has 1 aliphatic rings. The number of carbonyl (C=O) groups excluding carboxylic acids is 1. The van der Waals surface area contributed by atoms with Crippen LogP contribution in [0.5, 0.6) is 0 Å². The second-order valence-corrected chi connectivity index (χ2v) is 5.59. The highest BCUT2D eigenvalue weighted by molar-refractivity contribution is 5.93. The van der Waals surface area contributed by atoms with Crippen molar-refractivity contribution < 1.29 is 14.1 Å². The lowest BCUT2D eigenvalue weighted by Gasteiger charge is -2.29. The Morgan fingerprint density at radius 2 is 2.13 bits per heavy atom. The normalized spacial score (nSPS) is 14.8. The van der Waals surface area contributed by atoms with Crippen LogP contribution in [-0.4, -0.2) is 54.3 Å². The van der Waals surface area contributed by atoms with E-state index in [2.05, 4.69) is 15.0 Å². The van der Waals surface area contributed by atoms with E-state index in [9.17, 15) is 4.79 Å². The number of hydrogen-bond donors (Lipinski definition) is 0. The molecule has 3 heterocycles. The molecule has 1 fully saturated rings. The van der Waals surface area contributed by atoms with E-state index in [0.717, 1.165) is 30.2 Å². The monoisotopic (exact) mass is 316 g/mol. The Labute approximate surface area is 134 Å². The molecule has 0 aromatic carbocycles. The molecule has 1 aliphatic heterocycles. The summed E-state index contributed by atoms with van der Waals surface area (Å²) >= 11 is 0. The fourth-order valence-corrected chi connectivity index (χ4v) is 2.56. The van der Waals surface area contributed by atoms with Crippen molar-refractivity contribution in [1.29, 1.82) is 0 Å². The number of hydrogen-bond acceptors (Lipinski definition) is 6. The topological polar surface area (TPSA) is 71.7 Å². The largest absolute Gasteiger partial charge is 0.378 e. The van der Waals surface area contributed by atoms with Gasteiger partial charge in [-0.3, -0.25) is 9.78 Å². The minimum absolute atomic E-state index is 0.138. The standard InChI is InChI=1S/C16H20N4O3/c1-12-9-13(18-23-12)11-19(2)16(21)15-10-14(3-4-17-15)20-5-7-22-8-6-20/h3-4,9-10H,5-8,11H2,1-2H3. The van der Waals surface area contributed by atoms with Gasteiger partial charge in [0.1, 0.15) is 17.1 Å². The number of amides is 1. The molecule has 122 valence electrons. The maximum absolute atomic E-state index is 12.6. The average Bonchev–Trinajstić information content (AvgIpc) is 3.00. The van der Waals surface area contributed by atoms with Crippen molar-refractivity contribution in [1.82, 2.24) is 15.0 Å². The summed E-state index contributed by atoms with van der Waals surface area (Å²) in [5.41, 5.74) is 2.15. The predicted octanol–water partition coefficient (Wildman–Crippen LogP) is 1.49. The molecule has 0 bridgehead atoms. The third-order valence-electron chi connectivity index (χ3n) is 3.76. The molecule has 1 saturated heterocycles. The third kappa shape index (κ3) is 3.68. The first kappa shape index (κ1) is 15.5. The Morgan fingerprint density at radius 3 is 2.83 bits per heavy atom. The van der Waals surface area contributed by atoms with Crippen molar-refractivity contribution in [2.24, 2.45) is 0 Å². The molecule has 0 spiro atoms. The van der Waals surface area contributed by atoms with Crippen molar-refractivity contribution in [2.45, 2.75) is 13.5 Å². The maximum atomic E-state index is 12.6. The molecule has 0 atom stereocenters. The average molecular weight is 316 g/mol. The number of morpholine rings is 1. The lowest BCUT2D eigenvalue weighted by Crippen LogP contribution is -2.36. The van der Waals surface area contributed by atoms with Crippen LogP contribution < -0.4 is 4.90 Å². The lowest BCUT2D eigenvalue weighted by atomic mass is 10.2. The van der Waals surface area contributed by atoms with Crippen LogP contribution in [-0.2, 0) is 11.3 Å². The van der Waals surface area contributed by atoms with Gasteiger partial charge in [0.15, 0.2) is 0 Å². The predicted molar refractivity (Wildman–Crippen MR) is 84.3 cm³/mol. The quantitative estimate of drug-likeness (QED) is 0.851. The van der Waals surface area contributed by atoms with E-state index in [1.165, 1.54) is 0 Å². The number of carbonyl (C=O) groups is 1. The number of anilines is 1. The lowest BCUT2D eigenvalue weighted by molar-refractivity contribution is 0.0776. The molecule has 2 aromatic heterocycles. The molecule has 1 amide bonds. The molecule has 0 aliphatic carbocycles. The van der Waals surface area contributed by atoms with Gasteiger partial charge in [0.05, 0.1) is 19.8 Å². The zero-order valence-corrected chi connectivity index (χ0v) is 13.4. The van der Waals surface area contributed by atoms with Crippen molar-refractivity contribution in [3.05, 3.63) is 41.5 Å². The second kappa shape index (κ2) is 6.78. The summed E-state index contributed by atoms with van der Waals surface area (Å²) in [5.74, 6) is 0.592. The highest BCUT2D eigenvalue weighted by Gasteiger charge is 2.18. The SMILES string of the molecule is Cc1cc(CN(C)C(=O)c2cc(N3CCOCC3)ccn2)no1. The maximum Gasteiger partial charge on any atom is 0.272 e. The molecular weight excluding hydrogens is 296 g/mol. The van der Waals surface area contributed by atoms with Gasteiger partial charge in [-0.1, -0.05) is 5.16 Å². The summed E-state index contributed by atoms with van der Waals surface area (Å²) in [6, 6.07) is 5.57. The fourth-order valence-electron chi connectivity index (χ4n) is 2.56. The summed E-state index contributed by atoms with van der Waals surface area (Å²) in [6.07, 6.45) is 1.67.